The van der Waals surface area contributed by atoms with Crippen LogP contribution >= 0.6 is 0 Å². The lowest BCUT2D eigenvalue weighted by molar-refractivity contribution is 0.433. The average molecular weight is 662 g/mol. The van der Waals surface area contributed by atoms with Crippen molar-refractivity contribution in [1.29, 1.82) is 0 Å². The summed E-state index contributed by atoms with van der Waals surface area (Å²) in [6.07, 6.45) is 5.74. The van der Waals surface area contributed by atoms with E-state index in [-0.39, 0.29) is 12.3 Å². The van der Waals surface area contributed by atoms with E-state index in [1.165, 1.54) is 6.92 Å². The predicted octanol–water partition coefficient (Wildman–Crippen LogP) is 7.76. The van der Waals surface area contributed by atoms with Gasteiger partial charge < -0.3 is 14.1 Å². The fourth-order valence-corrected chi connectivity index (χ4v) is 6.81. The molecule has 4 aromatic carbocycles. The fourth-order valence-electron chi connectivity index (χ4n) is 5.90. The van der Waals surface area contributed by atoms with E-state index in [2.05, 4.69) is 6.07 Å². The summed E-state index contributed by atoms with van der Waals surface area (Å²) in [6.45, 7) is 3.42. The molecule has 0 saturated heterocycles. The largest absolute Gasteiger partial charge is 0.456 e. The maximum atomic E-state index is 12.1. The van der Waals surface area contributed by atoms with E-state index < -0.39 is 25.5 Å². The minimum Gasteiger partial charge on any atom is -0.456 e. The van der Waals surface area contributed by atoms with E-state index >= 15 is 0 Å². The summed E-state index contributed by atoms with van der Waals surface area (Å²) in [4.78, 5) is 1.79. The van der Waals surface area contributed by atoms with Gasteiger partial charge in [0.1, 0.15) is 16.6 Å². The molecular formula is C35H35NO8S2. The average Bonchev–Trinajstić information content (AvgIpc) is 3.53. The number of hydrogen-bond donors (Lipinski definition) is 2. The first-order valence-electron chi connectivity index (χ1n) is 15.2. The van der Waals surface area contributed by atoms with Gasteiger partial charge in [-0.05, 0) is 78.6 Å². The van der Waals surface area contributed by atoms with Gasteiger partial charge in [-0.25, -0.2) is 0 Å². The zero-order valence-corrected chi connectivity index (χ0v) is 27.1. The lowest BCUT2D eigenvalue weighted by Gasteiger charge is -2.22. The third-order valence-corrected chi connectivity index (χ3v) is 10.3. The molecule has 0 aliphatic carbocycles. The van der Waals surface area contributed by atoms with Gasteiger partial charge in [0.15, 0.2) is 5.75 Å². The summed E-state index contributed by atoms with van der Waals surface area (Å²) >= 11 is 0. The molecule has 5 aromatic rings. The number of allylic oxidation sites excluding steroid dienone is 2. The van der Waals surface area contributed by atoms with Crippen LogP contribution < -0.4 is 9.64 Å². The molecule has 0 fully saturated rings. The minimum absolute atomic E-state index is 0.0289. The Morgan fingerprint density at radius 1 is 0.891 bits per heavy atom. The zero-order valence-electron chi connectivity index (χ0n) is 25.5. The summed E-state index contributed by atoms with van der Waals surface area (Å²) in [5.74, 6) is 1.32. The van der Waals surface area contributed by atoms with Crippen LogP contribution in [0.25, 0.3) is 38.6 Å². The van der Waals surface area contributed by atoms with Gasteiger partial charge >= 0.3 is 0 Å². The third kappa shape index (κ3) is 6.68. The van der Waals surface area contributed by atoms with Crippen LogP contribution in [0.5, 0.6) is 5.75 Å². The van der Waals surface area contributed by atoms with Crippen LogP contribution in [0.1, 0.15) is 44.4 Å². The van der Waals surface area contributed by atoms with Crippen molar-refractivity contribution in [3.63, 3.8) is 0 Å². The molecule has 46 heavy (non-hydrogen) atoms. The number of fused-ring (bicyclic) bond motifs is 5. The van der Waals surface area contributed by atoms with E-state index in [4.69, 9.17) is 9.15 Å². The summed E-state index contributed by atoms with van der Waals surface area (Å²) in [5.41, 5.74) is 3.21. The van der Waals surface area contributed by atoms with Crippen molar-refractivity contribution in [3.05, 3.63) is 102 Å². The SMILES string of the molecule is CCC(/C=C1\Oc2ccc3ccccc3c2N1CC(C)S(=O)(=O)O)=C\c1oc2cc3ccccc3cc2c1CCCCS(=O)(=O)O. The zero-order chi connectivity index (χ0) is 32.6. The van der Waals surface area contributed by atoms with Gasteiger partial charge in [-0.15, -0.1) is 0 Å². The molecule has 0 radical (unpaired) electrons. The number of anilines is 1. The van der Waals surface area contributed by atoms with Crippen molar-refractivity contribution in [2.75, 3.05) is 17.2 Å². The van der Waals surface area contributed by atoms with Gasteiger partial charge in [0.2, 0.25) is 5.88 Å². The first-order valence-corrected chi connectivity index (χ1v) is 18.3. The van der Waals surface area contributed by atoms with Crippen molar-refractivity contribution in [2.45, 2.75) is 44.8 Å². The number of hydrogen-bond acceptors (Lipinski definition) is 7. The Kier molecular flexibility index (Phi) is 8.68. The monoisotopic (exact) mass is 661 g/mol. The van der Waals surface area contributed by atoms with Gasteiger partial charge in [-0.3, -0.25) is 9.11 Å². The Morgan fingerprint density at radius 3 is 2.28 bits per heavy atom. The molecule has 0 spiro atoms. The summed E-state index contributed by atoms with van der Waals surface area (Å²) < 4.78 is 78.6. The first kappa shape index (κ1) is 31.8. The number of furan rings is 1. The molecule has 1 aliphatic heterocycles. The second-order valence-electron chi connectivity index (χ2n) is 11.6. The van der Waals surface area contributed by atoms with Gasteiger partial charge in [0.25, 0.3) is 20.2 Å². The molecule has 1 atom stereocenters. The second-order valence-corrected chi connectivity index (χ2v) is 15.0. The number of nitrogens with zero attached hydrogens (tertiary/aromatic N) is 1. The van der Waals surface area contributed by atoms with Crippen molar-refractivity contribution in [3.8, 4) is 5.75 Å². The number of rotatable bonds is 11. The molecule has 0 saturated carbocycles. The standard InChI is InChI=1S/C35H35NO8S2/c1-3-24(19-34-36(22-23(2)46(40,41)42)35-28-13-7-6-10-25(28)15-16-31(35)44-34)18-32-29(14-8-9-17-45(37,38)39)30-20-26-11-4-5-12-27(26)21-33(30)43-32/h4-7,10-13,15-16,18-21,23H,3,8-9,14,17,22H2,1-2H3,(H,37,38,39)(H,40,41,42)/b24-18+,34-19-. The molecule has 11 heteroatoms. The summed E-state index contributed by atoms with van der Waals surface area (Å²) in [6, 6.07) is 23.6. The van der Waals surface area contributed by atoms with Gasteiger partial charge in [0, 0.05) is 29.0 Å². The molecule has 240 valence electrons. The van der Waals surface area contributed by atoms with E-state index in [0.717, 1.165) is 43.8 Å². The van der Waals surface area contributed by atoms with E-state index in [1.54, 1.807) is 4.90 Å². The van der Waals surface area contributed by atoms with E-state index in [0.29, 0.717) is 48.7 Å². The quantitative estimate of drug-likeness (QED) is 0.108. The predicted molar refractivity (Wildman–Crippen MR) is 182 cm³/mol. The summed E-state index contributed by atoms with van der Waals surface area (Å²) in [7, 11) is -8.37. The van der Waals surface area contributed by atoms with Gasteiger partial charge in [-0.1, -0.05) is 61.5 Å². The molecule has 9 nitrogen and oxygen atoms in total. The Bertz CT molecular complexity index is 2230. The Morgan fingerprint density at radius 2 is 1.59 bits per heavy atom. The molecule has 0 amide bonds. The Labute approximate surface area is 268 Å². The van der Waals surface area contributed by atoms with Gasteiger partial charge in [0.05, 0.1) is 11.4 Å². The molecule has 0 bridgehead atoms. The lowest BCUT2D eigenvalue weighted by Crippen LogP contribution is -2.33. The molecule has 2 N–H and O–H groups in total. The van der Waals surface area contributed by atoms with Crippen LogP contribution in [0.2, 0.25) is 0 Å². The number of benzene rings is 4. The highest BCUT2D eigenvalue weighted by molar-refractivity contribution is 7.86. The van der Waals surface area contributed by atoms with Crippen LogP contribution in [0.4, 0.5) is 5.69 Å². The summed E-state index contributed by atoms with van der Waals surface area (Å²) in [5, 5.41) is 3.79. The minimum atomic E-state index is -4.32. The fraction of sp³-hybridized carbons (Fsp3) is 0.257. The second kappa shape index (κ2) is 12.6. The van der Waals surface area contributed by atoms with Gasteiger partial charge in [-0.2, -0.15) is 16.8 Å². The highest BCUT2D eigenvalue weighted by atomic mass is 32.2. The molecular weight excluding hydrogens is 627 g/mol. The highest BCUT2D eigenvalue weighted by Gasteiger charge is 2.32. The van der Waals surface area contributed by atoms with Crippen LogP contribution in [0.3, 0.4) is 0 Å². The Balaban J connectivity index is 1.43. The topological polar surface area (TPSA) is 134 Å². The highest BCUT2D eigenvalue weighted by Crippen LogP contribution is 2.45. The number of unbranched alkanes of at least 4 members (excludes halogenated alkanes) is 1. The van der Waals surface area contributed by atoms with E-state index in [9.17, 15) is 25.9 Å². The van der Waals surface area contributed by atoms with Crippen molar-refractivity contribution in [2.24, 2.45) is 0 Å². The Hall–Kier alpha value is -4.16. The maximum absolute atomic E-state index is 12.1. The molecule has 1 aliphatic rings. The maximum Gasteiger partial charge on any atom is 0.269 e. The van der Waals surface area contributed by atoms with Crippen LogP contribution in [-0.2, 0) is 26.7 Å². The van der Waals surface area contributed by atoms with Crippen LogP contribution in [0, 0.1) is 0 Å². The molecule has 1 aromatic heterocycles. The van der Waals surface area contributed by atoms with Crippen LogP contribution in [-0.4, -0.2) is 43.5 Å². The first-order chi connectivity index (χ1) is 21.9. The number of ether oxygens (including phenoxy) is 1. The van der Waals surface area contributed by atoms with E-state index in [1.807, 2.05) is 85.8 Å². The number of aryl methyl sites for hydroxylation is 1. The normalized spacial score (nSPS) is 15.6. The molecule has 1 unspecified atom stereocenters. The smallest absolute Gasteiger partial charge is 0.269 e. The van der Waals surface area contributed by atoms with Crippen molar-refractivity contribution in [1.82, 2.24) is 0 Å². The molecule has 6 rings (SSSR count). The van der Waals surface area contributed by atoms with Crippen molar-refractivity contribution < 1.29 is 35.1 Å². The van der Waals surface area contributed by atoms with Crippen molar-refractivity contribution >= 4 is 64.5 Å². The third-order valence-electron chi connectivity index (χ3n) is 8.37. The van der Waals surface area contributed by atoms with Crippen LogP contribution in [0.15, 0.2) is 94.7 Å². The lowest BCUT2D eigenvalue weighted by atomic mass is 10.0. The molecule has 2 heterocycles.